The second-order valence-corrected chi connectivity index (χ2v) is 8.83. The predicted molar refractivity (Wildman–Crippen MR) is 108 cm³/mol. The third-order valence-corrected chi connectivity index (χ3v) is 5.87. The molecule has 0 fully saturated rings. The molecule has 0 radical (unpaired) electrons. The molecule has 0 saturated carbocycles. The third kappa shape index (κ3) is 2.98. The summed E-state index contributed by atoms with van der Waals surface area (Å²) in [6.07, 6.45) is 2.25. The third-order valence-electron chi connectivity index (χ3n) is 5.87. The van der Waals surface area contributed by atoms with Crippen molar-refractivity contribution in [2.45, 2.75) is 58.3 Å². The number of hydrogen-bond donors (Lipinski definition) is 1. The molecule has 0 heterocycles. The fourth-order valence-electron chi connectivity index (χ4n) is 4.25. The van der Waals surface area contributed by atoms with Crippen LogP contribution in [0.15, 0.2) is 43.0 Å². The molecule has 0 unspecified atom stereocenters. The number of aryl methyl sites for hydroxylation is 1. The molecule has 2 aromatic rings. The lowest BCUT2D eigenvalue weighted by atomic mass is 9.61. The van der Waals surface area contributed by atoms with E-state index in [0.29, 0.717) is 11.1 Å². The zero-order valence-electron chi connectivity index (χ0n) is 16.4. The molecule has 1 aliphatic rings. The van der Waals surface area contributed by atoms with Gasteiger partial charge in [0, 0.05) is 0 Å². The number of benzene rings is 2. The normalized spacial score (nSPS) is 17.4. The highest BCUT2D eigenvalue weighted by Crippen LogP contribution is 2.49. The van der Waals surface area contributed by atoms with E-state index in [4.69, 9.17) is 0 Å². The highest BCUT2D eigenvalue weighted by atomic mass is 16.4. The maximum Gasteiger partial charge on any atom is 0.336 e. The molecular weight excluding hydrogens is 320 g/mol. The van der Waals surface area contributed by atoms with E-state index in [-0.39, 0.29) is 10.8 Å². The first-order valence-electron chi connectivity index (χ1n) is 9.22. The number of aromatic carboxylic acids is 1. The number of carboxylic acid groups (broad SMARTS) is 1. The summed E-state index contributed by atoms with van der Waals surface area (Å²) < 4.78 is 0. The van der Waals surface area contributed by atoms with Crippen molar-refractivity contribution < 1.29 is 9.90 Å². The minimum Gasteiger partial charge on any atom is -0.478 e. The molecule has 3 rings (SSSR count). The van der Waals surface area contributed by atoms with Gasteiger partial charge >= 0.3 is 5.97 Å². The van der Waals surface area contributed by atoms with Gasteiger partial charge in [-0.2, -0.15) is 0 Å². The summed E-state index contributed by atoms with van der Waals surface area (Å²) in [6.45, 7) is 15.6. The Bertz CT molecular complexity index is 900. The van der Waals surface area contributed by atoms with E-state index in [0.717, 1.165) is 24.0 Å². The molecule has 0 spiro atoms. The summed E-state index contributed by atoms with van der Waals surface area (Å²) in [6, 6.07) is 11.6. The summed E-state index contributed by atoms with van der Waals surface area (Å²) in [5, 5.41) is 9.60. The van der Waals surface area contributed by atoms with E-state index in [1.807, 2.05) is 12.1 Å². The molecule has 2 nitrogen and oxygen atoms in total. The van der Waals surface area contributed by atoms with Crippen LogP contribution in [-0.2, 0) is 10.8 Å². The number of carboxylic acids is 1. The molecular formula is C24H28O2. The van der Waals surface area contributed by atoms with Gasteiger partial charge in [-0.25, -0.2) is 4.79 Å². The lowest BCUT2D eigenvalue weighted by Crippen LogP contribution is -2.35. The maximum absolute atomic E-state index is 11.7. The van der Waals surface area contributed by atoms with Gasteiger partial charge in [0.15, 0.2) is 0 Å². The summed E-state index contributed by atoms with van der Waals surface area (Å²) in [7, 11) is 0. The fraction of sp³-hybridized carbons (Fsp3) is 0.375. The summed E-state index contributed by atoms with van der Waals surface area (Å²) in [5.74, 6) is -0.914. The van der Waals surface area contributed by atoms with E-state index < -0.39 is 5.97 Å². The topological polar surface area (TPSA) is 37.3 Å². The zero-order valence-corrected chi connectivity index (χ0v) is 16.4. The van der Waals surface area contributed by atoms with Gasteiger partial charge in [-0.1, -0.05) is 70.2 Å². The molecule has 1 aliphatic carbocycles. The summed E-state index contributed by atoms with van der Waals surface area (Å²) >= 11 is 0. The van der Waals surface area contributed by atoms with Gasteiger partial charge in [-0.05, 0) is 64.5 Å². The highest BCUT2D eigenvalue weighted by molar-refractivity contribution is 5.97. The molecule has 0 saturated heterocycles. The van der Waals surface area contributed by atoms with E-state index >= 15 is 0 Å². The van der Waals surface area contributed by atoms with E-state index in [9.17, 15) is 9.90 Å². The Hall–Kier alpha value is -2.35. The van der Waals surface area contributed by atoms with Crippen molar-refractivity contribution in [3.8, 4) is 0 Å². The molecule has 1 N–H and O–H groups in total. The molecule has 0 amide bonds. The number of fused-ring (bicyclic) bond motifs is 1. The quantitative estimate of drug-likeness (QED) is 0.727. The Labute approximate surface area is 156 Å². The molecule has 2 heteroatoms. The van der Waals surface area contributed by atoms with Crippen LogP contribution >= 0.6 is 0 Å². The van der Waals surface area contributed by atoms with Crippen molar-refractivity contribution in [1.29, 1.82) is 0 Å². The first-order valence-corrected chi connectivity index (χ1v) is 9.22. The number of rotatable bonds is 3. The smallest absolute Gasteiger partial charge is 0.336 e. The average molecular weight is 348 g/mol. The second-order valence-electron chi connectivity index (χ2n) is 8.83. The van der Waals surface area contributed by atoms with Gasteiger partial charge in [-0.3, -0.25) is 0 Å². The molecule has 0 bridgehead atoms. The molecule has 26 heavy (non-hydrogen) atoms. The van der Waals surface area contributed by atoms with Gasteiger partial charge in [0.1, 0.15) is 0 Å². The number of hydrogen-bond acceptors (Lipinski definition) is 1. The largest absolute Gasteiger partial charge is 0.478 e. The molecule has 0 aliphatic heterocycles. The van der Waals surface area contributed by atoms with Crippen LogP contribution in [0, 0.1) is 6.92 Å². The van der Waals surface area contributed by atoms with Crippen LogP contribution < -0.4 is 0 Å². The maximum atomic E-state index is 11.7. The minimum absolute atomic E-state index is 0.0367. The monoisotopic (exact) mass is 348 g/mol. The Kier molecular flexibility index (Phi) is 4.34. The van der Waals surface area contributed by atoms with Crippen LogP contribution in [0.25, 0.3) is 5.57 Å². The fourth-order valence-corrected chi connectivity index (χ4v) is 4.25. The number of carbonyl (C=O) groups is 1. The second kappa shape index (κ2) is 6.12. The van der Waals surface area contributed by atoms with Gasteiger partial charge in [0.05, 0.1) is 5.56 Å². The van der Waals surface area contributed by atoms with Gasteiger partial charge in [0.2, 0.25) is 0 Å². The average Bonchev–Trinajstić information content (AvgIpc) is 2.57. The Morgan fingerprint density at radius 3 is 2.15 bits per heavy atom. The molecule has 0 aromatic heterocycles. The van der Waals surface area contributed by atoms with Crippen molar-refractivity contribution >= 4 is 11.5 Å². The van der Waals surface area contributed by atoms with E-state index in [1.165, 1.54) is 16.7 Å². The van der Waals surface area contributed by atoms with Crippen molar-refractivity contribution in [3.05, 3.63) is 76.4 Å². The van der Waals surface area contributed by atoms with Gasteiger partial charge < -0.3 is 5.11 Å². The SMILES string of the molecule is C=C(c1ccccc1C(=O)O)c1cc(C)cc2c1C(C)(C)CCC2(C)C. The highest BCUT2D eigenvalue weighted by Gasteiger charge is 2.39. The van der Waals surface area contributed by atoms with Crippen LogP contribution in [-0.4, -0.2) is 11.1 Å². The standard InChI is InChI=1S/C24H28O2/c1-15-13-19(16(2)17-9-7-8-10-18(17)22(25)26)21-20(14-15)23(3,4)11-12-24(21,5)6/h7-10,13-14H,2,11-12H2,1,3-6H3,(H,25,26). The van der Waals surface area contributed by atoms with E-state index in [1.54, 1.807) is 12.1 Å². The zero-order chi connectivity index (χ0) is 19.3. The molecule has 0 atom stereocenters. The first-order chi connectivity index (χ1) is 12.0. The van der Waals surface area contributed by atoms with Gasteiger partial charge in [0.25, 0.3) is 0 Å². The predicted octanol–water partition coefficient (Wildman–Crippen LogP) is 6.10. The lowest BCUT2D eigenvalue weighted by Gasteiger charge is -2.43. The molecule has 2 aromatic carbocycles. The minimum atomic E-state index is -0.914. The van der Waals surface area contributed by atoms with Crippen LogP contribution in [0.3, 0.4) is 0 Å². The molecule has 136 valence electrons. The van der Waals surface area contributed by atoms with Crippen LogP contribution in [0.2, 0.25) is 0 Å². The lowest BCUT2D eigenvalue weighted by molar-refractivity contribution is 0.0696. The Morgan fingerprint density at radius 2 is 1.54 bits per heavy atom. The first kappa shape index (κ1) is 18.4. The van der Waals surface area contributed by atoms with Crippen molar-refractivity contribution in [1.82, 2.24) is 0 Å². The Balaban J connectivity index is 2.29. The Morgan fingerprint density at radius 1 is 0.962 bits per heavy atom. The van der Waals surface area contributed by atoms with Crippen LogP contribution in [0.4, 0.5) is 0 Å². The van der Waals surface area contributed by atoms with Crippen LogP contribution in [0.1, 0.15) is 78.7 Å². The van der Waals surface area contributed by atoms with Gasteiger partial charge in [-0.15, -0.1) is 0 Å². The summed E-state index contributed by atoms with van der Waals surface area (Å²) in [5.41, 5.74) is 6.93. The van der Waals surface area contributed by atoms with Crippen molar-refractivity contribution in [3.63, 3.8) is 0 Å². The van der Waals surface area contributed by atoms with Crippen molar-refractivity contribution in [2.75, 3.05) is 0 Å². The summed E-state index contributed by atoms with van der Waals surface area (Å²) in [4.78, 5) is 11.7. The van der Waals surface area contributed by atoms with E-state index in [2.05, 4.69) is 53.3 Å². The van der Waals surface area contributed by atoms with Crippen LogP contribution in [0.5, 0.6) is 0 Å². The van der Waals surface area contributed by atoms with Crippen molar-refractivity contribution in [2.24, 2.45) is 0 Å².